The van der Waals surface area contributed by atoms with Crippen molar-refractivity contribution in [3.63, 3.8) is 0 Å². The molecule has 2 amide bonds. The summed E-state index contributed by atoms with van der Waals surface area (Å²) in [5, 5.41) is 1.04. The van der Waals surface area contributed by atoms with E-state index in [1.54, 1.807) is 12.1 Å². The van der Waals surface area contributed by atoms with E-state index in [9.17, 15) is 18.4 Å². The highest BCUT2D eigenvalue weighted by atomic mass is 35.5. The summed E-state index contributed by atoms with van der Waals surface area (Å²) in [7, 11) is -1.93. The van der Waals surface area contributed by atoms with Crippen LogP contribution < -0.4 is 0 Å². The Kier molecular flexibility index (Phi) is 11.7. The number of hydrogen-bond acceptors (Lipinski definition) is 3. The first-order valence-corrected chi connectivity index (χ1v) is 20.8. The molecule has 1 aliphatic carbocycles. The molecule has 3 aliphatic rings. The number of rotatable bonds is 10. The molecule has 2 heterocycles. The van der Waals surface area contributed by atoms with Crippen molar-refractivity contribution in [2.24, 2.45) is 5.92 Å². The van der Waals surface area contributed by atoms with Crippen molar-refractivity contribution in [1.82, 2.24) is 9.80 Å². The van der Waals surface area contributed by atoms with E-state index >= 15 is 0 Å². The highest BCUT2D eigenvalue weighted by molar-refractivity contribution is 6.77. The summed E-state index contributed by atoms with van der Waals surface area (Å²) < 4.78 is 34.1. The van der Waals surface area contributed by atoms with Crippen LogP contribution in [0, 0.1) is 5.92 Å². The third-order valence-corrected chi connectivity index (χ3v) is 18.2. The lowest BCUT2D eigenvalue weighted by molar-refractivity contribution is -0.133. The van der Waals surface area contributed by atoms with Crippen LogP contribution in [-0.4, -0.2) is 67.6 Å². The molecule has 2 saturated heterocycles. The first-order valence-electron chi connectivity index (χ1n) is 17.9. The number of likely N-dealkylation sites (tertiary alicyclic amines) is 2. The van der Waals surface area contributed by atoms with Crippen LogP contribution >= 0.6 is 23.2 Å². The first-order chi connectivity index (χ1) is 22.6. The Morgan fingerprint density at radius 2 is 1.40 bits per heavy atom. The van der Waals surface area contributed by atoms with Gasteiger partial charge in [0.25, 0.3) is 11.8 Å². The van der Waals surface area contributed by atoms with Gasteiger partial charge in [0, 0.05) is 66.1 Å². The lowest BCUT2D eigenvalue weighted by Gasteiger charge is -2.46. The molecule has 2 aliphatic heterocycles. The highest BCUT2D eigenvalue weighted by Crippen LogP contribution is 2.45. The summed E-state index contributed by atoms with van der Waals surface area (Å²) in [6.45, 7) is 14.9. The lowest BCUT2D eigenvalue weighted by Crippen LogP contribution is -2.51. The normalized spacial score (nSPS) is 23.5. The molecule has 1 atom stereocenters. The fourth-order valence-electron chi connectivity index (χ4n) is 8.72. The fraction of sp³-hybridized carbons (Fsp3) is 0.632. The minimum atomic E-state index is -2.70. The molecule has 0 bridgehead atoms. The van der Waals surface area contributed by atoms with Crippen LogP contribution in [0.5, 0.6) is 0 Å². The molecule has 5 nitrogen and oxygen atoms in total. The largest absolute Gasteiger partial charge is 0.413 e. The minimum Gasteiger partial charge on any atom is -0.413 e. The summed E-state index contributed by atoms with van der Waals surface area (Å²) in [5.74, 6) is -2.90. The summed E-state index contributed by atoms with van der Waals surface area (Å²) in [6, 6.07) is 11.0. The first kappa shape index (κ1) is 37.3. The molecule has 264 valence electrons. The number of halogens is 4. The number of nitrogens with zero attached hydrogens (tertiary/aromatic N) is 2. The van der Waals surface area contributed by atoms with Crippen molar-refractivity contribution in [2.45, 2.75) is 128 Å². The number of benzene rings is 2. The van der Waals surface area contributed by atoms with E-state index in [2.05, 4.69) is 46.4 Å². The van der Waals surface area contributed by atoms with Crippen molar-refractivity contribution < 1.29 is 22.8 Å². The fourth-order valence-corrected chi connectivity index (χ4v) is 15.0. The number of carbonyl (C=O) groups excluding carboxylic acids is 2. The van der Waals surface area contributed by atoms with E-state index in [1.807, 2.05) is 24.3 Å². The van der Waals surface area contributed by atoms with Gasteiger partial charge in [0.05, 0.1) is 0 Å². The smallest absolute Gasteiger partial charge is 0.253 e. The average Bonchev–Trinajstić information content (AvgIpc) is 3.40. The predicted octanol–water partition coefficient (Wildman–Crippen LogP) is 10.4. The Morgan fingerprint density at radius 1 is 0.854 bits per heavy atom. The van der Waals surface area contributed by atoms with E-state index in [4.69, 9.17) is 27.6 Å². The molecule has 1 saturated carbocycles. The second-order valence-corrected chi connectivity index (χ2v) is 21.5. The van der Waals surface area contributed by atoms with Gasteiger partial charge >= 0.3 is 0 Å². The average molecular weight is 722 g/mol. The molecule has 3 fully saturated rings. The topological polar surface area (TPSA) is 49.9 Å². The van der Waals surface area contributed by atoms with Crippen LogP contribution in [-0.2, 0) is 15.6 Å². The van der Waals surface area contributed by atoms with E-state index < -0.39 is 14.2 Å². The second kappa shape index (κ2) is 15.1. The zero-order valence-corrected chi connectivity index (χ0v) is 31.8. The quantitative estimate of drug-likeness (QED) is 0.230. The molecule has 0 N–H and O–H groups in total. The maximum absolute atomic E-state index is 13.7. The van der Waals surface area contributed by atoms with Crippen molar-refractivity contribution in [3.8, 4) is 11.1 Å². The predicted molar refractivity (Wildman–Crippen MR) is 194 cm³/mol. The van der Waals surface area contributed by atoms with E-state index in [-0.39, 0.29) is 55.8 Å². The molecule has 0 aromatic heterocycles. The van der Waals surface area contributed by atoms with Crippen molar-refractivity contribution >= 4 is 43.3 Å². The Balaban J connectivity index is 1.18. The van der Waals surface area contributed by atoms with Gasteiger partial charge in [-0.05, 0) is 96.1 Å². The Hall–Kier alpha value is -2.00. The summed E-state index contributed by atoms with van der Waals surface area (Å²) in [4.78, 5) is 30.1. The molecule has 1 unspecified atom stereocenters. The minimum absolute atomic E-state index is 0.0504. The zero-order chi connectivity index (χ0) is 35.0. The van der Waals surface area contributed by atoms with Crippen molar-refractivity contribution in [3.05, 3.63) is 57.6 Å². The number of hydrogen-bond donors (Lipinski definition) is 0. The van der Waals surface area contributed by atoms with Crippen LogP contribution in [0.4, 0.5) is 8.78 Å². The summed E-state index contributed by atoms with van der Waals surface area (Å²) in [5.41, 5.74) is 4.57. The Morgan fingerprint density at radius 3 is 1.92 bits per heavy atom. The van der Waals surface area contributed by atoms with Gasteiger partial charge in [-0.1, -0.05) is 76.9 Å². The van der Waals surface area contributed by atoms with E-state index in [0.717, 1.165) is 55.3 Å². The number of alkyl halides is 2. The standard InChI is InChI=1S/C38H52Cl2F2N2O3Si/c1-24(2)48(25(3)4,26(5)6)47-32-13-11-31(12-14-32)44-18-15-29(37(44)46)21-33-34(39)22-30(23-35(33)40)27-7-9-28(10-8-27)36(45)43-19-16-38(41,42)17-20-43/h7-10,22-26,29,31-32H,11-21H2,1-6H3. The molecule has 2 aromatic rings. The second-order valence-electron chi connectivity index (χ2n) is 15.2. The van der Waals surface area contributed by atoms with Gasteiger partial charge in [0.2, 0.25) is 14.2 Å². The van der Waals surface area contributed by atoms with Gasteiger partial charge in [-0.3, -0.25) is 9.59 Å². The third-order valence-electron chi connectivity index (χ3n) is 11.4. The lowest BCUT2D eigenvalue weighted by atomic mass is 9.92. The van der Waals surface area contributed by atoms with Gasteiger partial charge < -0.3 is 14.2 Å². The Labute approximate surface area is 296 Å². The number of carbonyl (C=O) groups is 2. The van der Waals surface area contributed by atoms with Crippen LogP contribution in [0.15, 0.2) is 36.4 Å². The third kappa shape index (κ3) is 7.82. The van der Waals surface area contributed by atoms with Gasteiger partial charge in [0.1, 0.15) is 0 Å². The maximum Gasteiger partial charge on any atom is 0.253 e. The van der Waals surface area contributed by atoms with Crippen LogP contribution in [0.1, 0.15) is 102 Å². The van der Waals surface area contributed by atoms with Gasteiger partial charge in [-0.2, -0.15) is 0 Å². The molecule has 5 rings (SSSR count). The zero-order valence-electron chi connectivity index (χ0n) is 29.3. The van der Waals surface area contributed by atoms with E-state index in [1.165, 1.54) is 4.90 Å². The number of amides is 2. The Bertz CT molecular complexity index is 1410. The molecule has 48 heavy (non-hydrogen) atoms. The molecular formula is C38H52Cl2F2N2O3Si. The molecule has 0 radical (unpaired) electrons. The molecular weight excluding hydrogens is 669 g/mol. The van der Waals surface area contributed by atoms with Crippen molar-refractivity contribution in [2.75, 3.05) is 19.6 Å². The SMILES string of the molecule is CC(C)[Si](OC1CCC(N2CCC(Cc3c(Cl)cc(-c4ccc(C(=O)N5CCC(F)(F)CC5)cc4)cc3Cl)C2=O)CC1)(C(C)C)C(C)C. The van der Waals surface area contributed by atoms with Crippen LogP contribution in [0.3, 0.4) is 0 Å². The highest BCUT2D eigenvalue weighted by Gasteiger charge is 2.47. The van der Waals surface area contributed by atoms with Crippen LogP contribution in [0.2, 0.25) is 26.7 Å². The van der Waals surface area contributed by atoms with Gasteiger partial charge in [0.15, 0.2) is 0 Å². The summed E-state index contributed by atoms with van der Waals surface area (Å²) >= 11 is 13.6. The van der Waals surface area contributed by atoms with Gasteiger partial charge in [-0.25, -0.2) is 8.78 Å². The van der Waals surface area contributed by atoms with Crippen LogP contribution in [0.25, 0.3) is 11.1 Å². The molecule has 0 spiro atoms. The van der Waals surface area contributed by atoms with Gasteiger partial charge in [-0.15, -0.1) is 0 Å². The van der Waals surface area contributed by atoms with Crippen molar-refractivity contribution in [1.29, 1.82) is 0 Å². The molecule has 2 aromatic carbocycles. The maximum atomic E-state index is 13.7. The number of piperidine rings is 1. The monoisotopic (exact) mass is 720 g/mol. The summed E-state index contributed by atoms with van der Waals surface area (Å²) in [6.07, 6.45) is 4.94. The van der Waals surface area contributed by atoms with E-state index in [0.29, 0.717) is 38.7 Å². The molecule has 10 heteroatoms.